The van der Waals surface area contributed by atoms with E-state index in [1.807, 2.05) is 39.0 Å². The summed E-state index contributed by atoms with van der Waals surface area (Å²) in [6, 6.07) is 5.84. The molecule has 1 amide bonds. The van der Waals surface area contributed by atoms with Gasteiger partial charge in [-0.05, 0) is 25.0 Å². The second-order valence-corrected chi connectivity index (χ2v) is 5.05. The smallest absolute Gasteiger partial charge is 0.227 e. The molecule has 4 nitrogen and oxygen atoms in total. The van der Waals surface area contributed by atoms with Crippen LogP contribution < -0.4 is 5.73 Å². The summed E-state index contributed by atoms with van der Waals surface area (Å²) in [6.07, 6.45) is 0. The van der Waals surface area contributed by atoms with Crippen LogP contribution in [-0.2, 0) is 11.3 Å². The quantitative estimate of drug-likeness (QED) is 0.862. The number of hydrogen-bond acceptors (Lipinski definition) is 3. The van der Waals surface area contributed by atoms with E-state index in [2.05, 4.69) is 4.98 Å². The molecule has 2 N–H and O–H groups in total. The lowest BCUT2D eigenvalue weighted by Gasteiger charge is -2.25. The van der Waals surface area contributed by atoms with Crippen molar-refractivity contribution in [3.8, 4) is 0 Å². The normalized spacial score (nSPS) is 12.6. The molecule has 0 aliphatic heterocycles. The average molecular weight is 249 g/mol. The fraction of sp³-hybridized carbons (Fsp3) is 0.571. The van der Waals surface area contributed by atoms with Crippen LogP contribution in [0.3, 0.4) is 0 Å². The van der Waals surface area contributed by atoms with Crippen molar-refractivity contribution in [2.75, 3.05) is 13.6 Å². The van der Waals surface area contributed by atoms with Crippen LogP contribution in [0.5, 0.6) is 0 Å². The summed E-state index contributed by atoms with van der Waals surface area (Å²) in [5.74, 6) is 0.242. The molecule has 1 atom stereocenters. The Kier molecular flexibility index (Phi) is 5.28. The van der Waals surface area contributed by atoms with Gasteiger partial charge in [0.1, 0.15) is 0 Å². The molecule has 1 unspecified atom stereocenters. The molecular weight excluding hydrogens is 226 g/mol. The zero-order chi connectivity index (χ0) is 13.7. The highest BCUT2D eigenvalue weighted by atomic mass is 16.2. The van der Waals surface area contributed by atoms with Crippen LogP contribution in [0.25, 0.3) is 0 Å². The first-order chi connectivity index (χ1) is 8.45. The molecule has 0 saturated heterocycles. The van der Waals surface area contributed by atoms with Gasteiger partial charge < -0.3 is 10.6 Å². The van der Waals surface area contributed by atoms with Crippen LogP contribution in [0.15, 0.2) is 18.2 Å². The number of aromatic nitrogens is 1. The molecule has 0 aliphatic carbocycles. The van der Waals surface area contributed by atoms with E-state index in [0.29, 0.717) is 13.1 Å². The Balaban J connectivity index is 2.70. The molecule has 4 heteroatoms. The molecule has 0 spiro atoms. The number of hydrogen-bond donors (Lipinski definition) is 1. The Morgan fingerprint density at radius 2 is 2.11 bits per heavy atom. The van der Waals surface area contributed by atoms with Gasteiger partial charge in [-0.25, -0.2) is 0 Å². The maximum atomic E-state index is 12.2. The predicted octanol–water partition coefficient (Wildman–Crippen LogP) is 1.58. The Hall–Kier alpha value is -1.42. The van der Waals surface area contributed by atoms with Crippen LogP contribution in [0.1, 0.15) is 25.2 Å². The van der Waals surface area contributed by atoms with Crippen molar-refractivity contribution in [3.63, 3.8) is 0 Å². The predicted molar refractivity (Wildman–Crippen MR) is 72.8 cm³/mol. The lowest BCUT2D eigenvalue weighted by molar-refractivity contribution is -0.135. The maximum Gasteiger partial charge on any atom is 0.227 e. The van der Waals surface area contributed by atoms with E-state index in [9.17, 15) is 4.79 Å². The van der Waals surface area contributed by atoms with E-state index in [0.717, 1.165) is 11.4 Å². The molecule has 0 bridgehead atoms. The number of carbonyl (C=O) groups is 1. The van der Waals surface area contributed by atoms with E-state index < -0.39 is 0 Å². The molecule has 1 rings (SSSR count). The van der Waals surface area contributed by atoms with Gasteiger partial charge in [0.05, 0.1) is 18.2 Å². The van der Waals surface area contributed by atoms with E-state index in [4.69, 9.17) is 5.73 Å². The van der Waals surface area contributed by atoms with Crippen molar-refractivity contribution in [1.29, 1.82) is 0 Å². The summed E-state index contributed by atoms with van der Waals surface area (Å²) < 4.78 is 0. The van der Waals surface area contributed by atoms with Crippen LogP contribution in [0.2, 0.25) is 0 Å². The molecule has 1 aromatic rings. The minimum atomic E-state index is -0.111. The van der Waals surface area contributed by atoms with Crippen molar-refractivity contribution < 1.29 is 4.79 Å². The maximum absolute atomic E-state index is 12.2. The molecule has 100 valence electrons. The number of nitrogens with zero attached hydrogens (tertiary/aromatic N) is 2. The largest absolute Gasteiger partial charge is 0.340 e. The molecule has 0 aromatic carbocycles. The number of nitrogens with two attached hydrogens (primary N) is 1. The van der Waals surface area contributed by atoms with Crippen molar-refractivity contribution in [1.82, 2.24) is 9.88 Å². The second-order valence-electron chi connectivity index (χ2n) is 5.05. The van der Waals surface area contributed by atoms with E-state index in [-0.39, 0.29) is 17.7 Å². The van der Waals surface area contributed by atoms with Gasteiger partial charge in [0.15, 0.2) is 0 Å². The summed E-state index contributed by atoms with van der Waals surface area (Å²) in [7, 11) is 1.80. The molecule has 0 radical (unpaired) electrons. The molecule has 0 saturated carbocycles. The average Bonchev–Trinajstić information content (AvgIpc) is 2.29. The number of aryl methyl sites for hydroxylation is 1. The van der Waals surface area contributed by atoms with Gasteiger partial charge >= 0.3 is 0 Å². The molecule has 0 aliphatic rings. The minimum Gasteiger partial charge on any atom is -0.340 e. The SMILES string of the molecule is Cc1cccc(CN(C)C(=O)C(CN)C(C)C)n1. The zero-order valence-electron chi connectivity index (χ0n) is 11.7. The number of amides is 1. The fourth-order valence-corrected chi connectivity index (χ4v) is 1.95. The second kappa shape index (κ2) is 6.50. The first-order valence-electron chi connectivity index (χ1n) is 6.33. The van der Waals surface area contributed by atoms with E-state index in [1.165, 1.54) is 0 Å². The molecule has 0 fully saturated rings. The minimum absolute atomic E-state index is 0.0933. The molecule has 1 heterocycles. The third-order valence-electron chi connectivity index (χ3n) is 3.10. The summed E-state index contributed by atoms with van der Waals surface area (Å²) in [5, 5.41) is 0. The van der Waals surface area contributed by atoms with Crippen molar-refractivity contribution in [3.05, 3.63) is 29.6 Å². The van der Waals surface area contributed by atoms with Gasteiger partial charge in [-0.1, -0.05) is 19.9 Å². The summed E-state index contributed by atoms with van der Waals surface area (Å²) in [5.41, 5.74) is 7.54. The van der Waals surface area contributed by atoms with Crippen LogP contribution in [0.4, 0.5) is 0 Å². The Labute approximate surface area is 109 Å². The number of carbonyl (C=O) groups excluding carboxylic acids is 1. The number of rotatable bonds is 5. The Morgan fingerprint density at radius 1 is 1.44 bits per heavy atom. The van der Waals surface area contributed by atoms with Gasteiger partial charge in [-0.15, -0.1) is 0 Å². The van der Waals surface area contributed by atoms with Gasteiger partial charge in [0.25, 0.3) is 0 Å². The van der Waals surface area contributed by atoms with Crippen LogP contribution in [-0.4, -0.2) is 29.4 Å². The van der Waals surface area contributed by atoms with Crippen molar-refractivity contribution in [2.24, 2.45) is 17.6 Å². The van der Waals surface area contributed by atoms with Crippen LogP contribution in [0, 0.1) is 18.8 Å². The highest BCUT2D eigenvalue weighted by Gasteiger charge is 2.23. The molecule has 1 aromatic heterocycles. The highest BCUT2D eigenvalue weighted by molar-refractivity contribution is 5.79. The van der Waals surface area contributed by atoms with Crippen LogP contribution >= 0.6 is 0 Å². The highest BCUT2D eigenvalue weighted by Crippen LogP contribution is 2.13. The van der Waals surface area contributed by atoms with Gasteiger partial charge in [0.2, 0.25) is 5.91 Å². The Morgan fingerprint density at radius 3 is 2.61 bits per heavy atom. The third kappa shape index (κ3) is 3.81. The first kappa shape index (κ1) is 14.6. The van der Waals surface area contributed by atoms with Crippen molar-refractivity contribution >= 4 is 5.91 Å². The standard InChI is InChI=1S/C14H23N3O/c1-10(2)13(8-15)14(18)17(4)9-12-7-5-6-11(3)16-12/h5-7,10,13H,8-9,15H2,1-4H3. The van der Waals surface area contributed by atoms with Gasteiger partial charge in [0, 0.05) is 19.3 Å². The first-order valence-corrected chi connectivity index (χ1v) is 6.33. The summed E-state index contributed by atoms with van der Waals surface area (Å²) in [6.45, 7) is 6.91. The summed E-state index contributed by atoms with van der Waals surface area (Å²) >= 11 is 0. The van der Waals surface area contributed by atoms with Gasteiger partial charge in [-0.2, -0.15) is 0 Å². The zero-order valence-corrected chi connectivity index (χ0v) is 11.7. The topological polar surface area (TPSA) is 59.2 Å². The van der Waals surface area contributed by atoms with Crippen molar-refractivity contribution in [2.45, 2.75) is 27.3 Å². The monoisotopic (exact) mass is 249 g/mol. The Bertz CT molecular complexity index is 404. The van der Waals surface area contributed by atoms with Gasteiger partial charge in [-0.3, -0.25) is 9.78 Å². The third-order valence-corrected chi connectivity index (χ3v) is 3.10. The lowest BCUT2D eigenvalue weighted by Crippen LogP contribution is -2.39. The fourth-order valence-electron chi connectivity index (χ4n) is 1.95. The van der Waals surface area contributed by atoms with E-state index >= 15 is 0 Å². The molecule has 18 heavy (non-hydrogen) atoms. The van der Waals surface area contributed by atoms with E-state index in [1.54, 1.807) is 11.9 Å². The molecular formula is C14H23N3O. The number of pyridine rings is 1. The summed E-state index contributed by atoms with van der Waals surface area (Å²) in [4.78, 5) is 18.3. The lowest BCUT2D eigenvalue weighted by atomic mass is 9.94.